The third-order valence-electron chi connectivity index (χ3n) is 4.09. The molecule has 0 amide bonds. The van der Waals surface area contributed by atoms with Crippen molar-refractivity contribution in [1.82, 2.24) is 15.0 Å². The highest BCUT2D eigenvalue weighted by Crippen LogP contribution is 2.30. The molecule has 24 heavy (non-hydrogen) atoms. The molecule has 3 heteroatoms. The Kier molecular flexibility index (Phi) is 3.54. The highest BCUT2D eigenvalue weighted by atomic mass is 14.9. The maximum absolute atomic E-state index is 4.85. The van der Waals surface area contributed by atoms with Crippen LogP contribution in [0.15, 0.2) is 66.9 Å². The predicted molar refractivity (Wildman–Crippen MR) is 97.7 cm³/mol. The average Bonchev–Trinajstić information content (AvgIpc) is 2.62. The first kappa shape index (κ1) is 14.5. The molecular weight excluding hydrogens is 294 g/mol. The lowest BCUT2D eigenvalue weighted by Gasteiger charge is -2.10. The summed E-state index contributed by atoms with van der Waals surface area (Å²) in [6.45, 7) is 4.17. The zero-order chi connectivity index (χ0) is 16.5. The van der Waals surface area contributed by atoms with Crippen LogP contribution in [0.5, 0.6) is 0 Å². The van der Waals surface area contributed by atoms with Gasteiger partial charge in [-0.05, 0) is 26.0 Å². The van der Waals surface area contributed by atoms with Crippen LogP contribution < -0.4 is 0 Å². The Morgan fingerprint density at radius 3 is 1.75 bits per heavy atom. The molecule has 2 aromatic heterocycles. The summed E-state index contributed by atoms with van der Waals surface area (Å²) in [6.07, 6.45) is 1.75. The van der Waals surface area contributed by atoms with E-state index in [1.54, 1.807) is 6.20 Å². The molecule has 3 nitrogen and oxygen atoms in total. The molecule has 4 aromatic rings. The molecule has 2 heterocycles. The molecule has 116 valence electrons. The zero-order valence-electron chi connectivity index (χ0n) is 13.7. The van der Waals surface area contributed by atoms with Crippen molar-refractivity contribution in [3.63, 3.8) is 0 Å². The van der Waals surface area contributed by atoms with E-state index >= 15 is 0 Å². The van der Waals surface area contributed by atoms with Crippen molar-refractivity contribution in [2.75, 3.05) is 0 Å². The highest BCUT2D eigenvalue weighted by Gasteiger charge is 2.13. The van der Waals surface area contributed by atoms with Crippen LogP contribution in [0.25, 0.3) is 33.7 Å². The molecule has 4 rings (SSSR count). The van der Waals surface area contributed by atoms with E-state index in [1.807, 2.05) is 12.1 Å². The van der Waals surface area contributed by atoms with Crippen molar-refractivity contribution in [2.24, 2.45) is 0 Å². The molecule has 0 atom stereocenters. The number of rotatable bonds is 2. The minimum atomic E-state index is 0.670. The van der Waals surface area contributed by atoms with Gasteiger partial charge in [0.15, 0.2) is 5.65 Å². The van der Waals surface area contributed by atoms with Gasteiger partial charge in [0.25, 0.3) is 0 Å². The van der Waals surface area contributed by atoms with Gasteiger partial charge in [0, 0.05) is 17.3 Å². The van der Waals surface area contributed by atoms with E-state index < -0.39 is 0 Å². The second kappa shape index (κ2) is 5.85. The van der Waals surface area contributed by atoms with Gasteiger partial charge in [-0.3, -0.25) is 0 Å². The van der Waals surface area contributed by atoms with Gasteiger partial charge in [0.05, 0.1) is 11.4 Å². The van der Waals surface area contributed by atoms with Crippen LogP contribution in [-0.4, -0.2) is 15.0 Å². The maximum atomic E-state index is 4.85. The maximum Gasteiger partial charge on any atom is 0.178 e. The van der Waals surface area contributed by atoms with Gasteiger partial charge in [-0.15, -0.1) is 0 Å². The fraction of sp³-hybridized carbons (Fsp3) is 0.0952. The molecule has 0 aliphatic rings. The van der Waals surface area contributed by atoms with Crippen LogP contribution in [-0.2, 0) is 0 Å². The van der Waals surface area contributed by atoms with Crippen molar-refractivity contribution >= 4 is 11.2 Å². The van der Waals surface area contributed by atoms with Crippen LogP contribution in [0.4, 0.5) is 0 Å². The minimum absolute atomic E-state index is 0.670. The largest absolute Gasteiger partial charge is 0.242 e. The fourth-order valence-electron chi connectivity index (χ4n) is 2.72. The Balaban J connectivity index is 2.00. The number of benzene rings is 2. The third-order valence-corrected chi connectivity index (χ3v) is 4.09. The molecule has 0 radical (unpaired) electrons. The third kappa shape index (κ3) is 2.65. The van der Waals surface area contributed by atoms with Crippen LogP contribution in [0, 0.1) is 13.8 Å². The van der Waals surface area contributed by atoms with E-state index in [-0.39, 0.29) is 0 Å². The Morgan fingerprint density at radius 1 is 0.625 bits per heavy atom. The zero-order valence-corrected chi connectivity index (χ0v) is 13.7. The summed E-state index contributed by atoms with van der Waals surface area (Å²) in [4.78, 5) is 14.0. The average molecular weight is 311 g/mol. The van der Waals surface area contributed by atoms with Gasteiger partial charge in [-0.25, -0.2) is 15.0 Å². The molecule has 0 saturated carbocycles. The topological polar surface area (TPSA) is 38.7 Å². The Morgan fingerprint density at radius 2 is 1.17 bits per heavy atom. The number of pyridine rings is 1. The summed E-state index contributed by atoms with van der Waals surface area (Å²) in [6, 6.07) is 20.6. The molecule has 0 unspecified atom stereocenters. The number of hydrogen-bond acceptors (Lipinski definition) is 3. The first-order chi connectivity index (χ1) is 11.7. The summed E-state index contributed by atoms with van der Waals surface area (Å²) >= 11 is 0. The van der Waals surface area contributed by atoms with Gasteiger partial charge < -0.3 is 0 Å². The van der Waals surface area contributed by atoms with Gasteiger partial charge in [-0.2, -0.15) is 0 Å². The normalized spacial score (nSPS) is 10.9. The number of aromatic nitrogens is 3. The number of aryl methyl sites for hydroxylation is 2. The highest BCUT2D eigenvalue weighted by molar-refractivity contribution is 5.84. The predicted octanol–water partition coefficient (Wildman–Crippen LogP) is 4.98. The quantitative estimate of drug-likeness (QED) is 0.524. The Hall–Kier alpha value is -3.07. The van der Waals surface area contributed by atoms with Gasteiger partial charge >= 0.3 is 0 Å². The van der Waals surface area contributed by atoms with E-state index in [9.17, 15) is 0 Å². The second-order valence-electron chi connectivity index (χ2n) is 6.00. The summed E-state index contributed by atoms with van der Waals surface area (Å²) in [5.41, 5.74) is 7.80. The summed E-state index contributed by atoms with van der Waals surface area (Å²) in [5, 5.41) is 0. The monoisotopic (exact) mass is 311 g/mol. The van der Waals surface area contributed by atoms with Crippen LogP contribution >= 0.6 is 0 Å². The van der Waals surface area contributed by atoms with E-state index in [2.05, 4.69) is 67.4 Å². The molecule has 0 aliphatic heterocycles. The van der Waals surface area contributed by atoms with Crippen LogP contribution in [0.1, 0.15) is 11.1 Å². The van der Waals surface area contributed by atoms with E-state index in [4.69, 9.17) is 9.97 Å². The molecule has 0 fully saturated rings. The molecule has 0 N–H and O–H groups in total. The molecular formula is C21H17N3. The summed E-state index contributed by atoms with van der Waals surface area (Å²) in [7, 11) is 0. The number of hydrogen-bond donors (Lipinski definition) is 0. The smallest absolute Gasteiger partial charge is 0.178 e. The van der Waals surface area contributed by atoms with Crippen molar-refractivity contribution in [2.45, 2.75) is 13.8 Å². The molecule has 0 spiro atoms. The lowest BCUT2D eigenvalue weighted by atomic mass is 10.0. The van der Waals surface area contributed by atoms with Crippen LogP contribution in [0.2, 0.25) is 0 Å². The first-order valence-electron chi connectivity index (χ1n) is 7.97. The second-order valence-corrected chi connectivity index (χ2v) is 6.00. The summed E-state index contributed by atoms with van der Waals surface area (Å²) < 4.78 is 0. The summed E-state index contributed by atoms with van der Waals surface area (Å²) in [5.74, 6) is 0. The molecule has 2 aromatic carbocycles. The first-order valence-corrected chi connectivity index (χ1v) is 7.97. The lowest BCUT2D eigenvalue weighted by Crippen LogP contribution is -1.96. The van der Waals surface area contributed by atoms with Crippen LogP contribution in [0.3, 0.4) is 0 Å². The van der Waals surface area contributed by atoms with Crippen molar-refractivity contribution in [3.8, 4) is 22.5 Å². The standard InChI is InChI=1S/C21H17N3/c1-14-5-9-16(10-6-14)19-20(17-11-7-15(2)8-12-17)24-21-18(23-19)4-3-13-22-21/h3-13H,1-2H3. The van der Waals surface area contributed by atoms with Crippen molar-refractivity contribution in [3.05, 3.63) is 78.0 Å². The van der Waals surface area contributed by atoms with E-state index in [0.717, 1.165) is 28.0 Å². The van der Waals surface area contributed by atoms with Gasteiger partial charge in [-0.1, -0.05) is 59.7 Å². The van der Waals surface area contributed by atoms with E-state index in [0.29, 0.717) is 5.65 Å². The molecule has 0 aliphatic carbocycles. The lowest BCUT2D eigenvalue weighted by molar-refractivity contribution is 1.23. The Bertz CT molecular complexity index is 919. The Labute approximate surface area is 141 Å². The number of nitrogens with zero attached hydrogens (tertiary/aromatic N) is 3. The van der Waals surface area contributed by atoms with Crippen molar-refractivity contribution in [1.29, 1.82) is 0 Å². The minimum Gasteiger partial charge on any atom is -0.242 e. The fourth-order valence-corrected chi connectivity index (χ4v) is 2.72. The number of fused-ring (bicyclic) bond motifs is 1. The van der Waals surface area contributed by atoms with Crippen molar-refractivity contribution < 1.29 is 0 Å². The van der Waals surface area contributed by atoms with Gasteiger partial charge in [0.1, 0.15) is 5.52 Å². The van der Waals surface area contributed by atoms with Gasteiger partial charge in [0.2, 0.25) is 0 Å². The van der Waals surface area contributed by atoms with E-state index in [1.165, 1.54) is 11.1 Å². The molecule has 0 bridgehead atoms. The SMILES string of the molecule is Cc1ccc(-c2nc3cccnc3nc2-c2ccc(C)cc2)cc1. The molecule has 0 saturated heterocycles.